The van der Waals surface area contributed by atoms with Gasteiger partial charge in [0.15, 0.2) is 0 Å². The number of H-pyrrole nitrogens is 1. The molecule has 0 saturated carbocycles. The molecule has 1 aromatic heterocycles. The number of fused-ring (bicyclic) bond motifs is 1. The van der Waals surface area contributed by atoms with Gasteiger partial charge in [0.05, 0.1) is 5.92 Å². The Morgan fingerprint density at radius 3 is 2.79 bits per heavy atom. The third-order valence-electron chi connectivity index (χ3n) is 5.32. The number of aromatic amines is 1. The van der Waals surface area contributed by atoms with Crippen molar-refractivity contribution in [2.45, 2.75) is 19.4 Å². The summed E-state index contributed by atoms with van der Waals surface area (Å²) in [5.74, 6) is -0.940. The number of aromatic nitrogens is 1. The molecule has 2 N–H and O–H groups in total. The number of halogens is 1. The van der Waals surface area contributed by atoms with Gasteiger partial charge in [0.1, 0.15) is 5.82 Å². The number of carbonyl (C=O) groups excluding carboxylic acids is 2. The Morgan fingerprint density at radius 2 is 1.93 bits per heavy atom. The fourth-order valence-corrected chi connectivity index (χ4v) is 3.73. The van der Waals surface area contributed by atoms with Crippen molar-refractivity contribution >= 4 is 22.7 Å². The Balaban J connectivity index is 1.32. The highest BCUT2D eigenvalue weighted by atomic mass is 19.1. The number of nitrogens with one attached hydrogen (secondary N) is 2. The van der Waals surface area contributed by atoms with Gasteiger partial charge in [-0.1, -0.05) is 36.4 Å². The van der Waals surface area contributed by atoms with Gasteiger partial charge >= 0.3 is 0 Å². The first-order valence-corrected chi connectivity index (χ1v) is 9.45. The predicted molar refractivity (Wildman–Crippen MR) is 105 cm³/mol. The molecule has 0 aliphatic carbocycles. The summed E-state index contributed by atoms with van der Waals surface area (Å²) in [5.41, 5.74) is 2.68. The maximum Gasteiger partial charge on any atom is 0.225 e. The highest BCUT2D eigenvalue weighted by Crippen LogP contribution is 2.22. The van der Waals surface area contributed by atoms with E-state index in [1.54, 1.807) is 23.1 Å². The van der Waals surface area contributed by atoms with Crippen molar-refractivity contribution in [2.24, 2.45) is 5.92 Å². The molecule has 3 aromatic rings. The zero-order valence-electron chi connectivity index (χ0n) is 15.5. The number of benzene rings is 2. The summed E-state index contributed by atoms with van der Waals surface area (Å²) in [4.78, 5) is 29.7. The topological polar surface area (TPSA) is 65.2 Å². The van der Waals surface area contributed by atoms with Crippen LogP contribution in [0.15, 0.2) is 54.7 Å². The number of nitrogens with zero attached hydrogens (tertiary/aromatic N) is 1. The lowest BCUT2D eigenvalue weighted by molar-refractivity contribution is -0.129. The van der Waals surface area contributed by atoms with Crippen molar-refractivity contribution in [1.29, 1.82) is 0 Å². The molecule has 2 aromatic carbocycles. The van der Waals surface area contributed by atoms with Gasteiger partial charge in [-0.25, -0.2) is 4.39 Å². The summed E-state index contributed by atoms with van der Waals surface area (Å²) in [6, 6.07) is 14.4. The van der Waals surface area contributed by atoms with E-state index >= 15 is 0 Å². The smallest absolute Gasteiger partial charge is 0.225 e. The third-order valence-corrected chi connectivity index (χ3v) is 5.32. The van der Waals surface area contributed by atoms with E-state index in [4.69, 9.17) is 0 Å². The Hall–Kier alpha value is -3.15. The summed E-state index contributed by atoms with van der Waals surface area (Å²) in [6.45, 7) is 1.12. The van der Waals surface area contributed by atoms with Crippen LogP contribution in [0.25, 0.3) is 10.9 Å². The lowest BCUT2D eigenvalue weighted by Crippen LogP contribution is -2.33. The number of likely N-dealkylation sites (tertiary alicyclic amines) is 1. The number of carbonyl (C=O) groups is 2. The van der Waals surface area contributed by atoms with Gasteiger partial charge in [0.25, 0.3) is 0 Å². The number of hydrogen-bond donors (Lipinski definition) is 2. The van der Waals surface area contributed by atoms with Crippen LogP contribution in [-0.2, 0) is 22.6 Å². The van der Waals surface area contributed by atoms with E-state index in [0.717, 1.165) is 22.9 Å². The Kier molecular flexibility index (Phi) is 5.10. The van der Waals surface area contributed by atoms with E-state index < -0.39 is 0 Å². The lowest BCUT2D eigenvalue weighted by atomic mass is 10.1. The molecule has 2 heterocycles. The molecule has 1 saturated heterocycles. The summed E-state index contributed by atoms with van der Waals surface area (Å²) in [7, 11) is 0. The molecule has 2 amide bonds. The quantitative estimate of drug-likeness (QED) is 0.691. The number of rotatable bonds is 6. The number of amides is 2. The second-order valence-electron chi connectivity index (χ2n) is 7.16. The normalized spacial score (nSPS) is 16.7. The Morgan fingerprint density at radius 1 is 1.14 bits per heavy atom. The molecule has 0 spiro atoms. The van der Waals surface area contributed by atoms with Crippen LogP contribution in [0.3, 0.4) is 0 Å². The molecule has 1 fully saturated rings. The molecule has 0 bridgehead atoms. The molecule has 1 atom stereocenters. The van der Waals surface area contributed by atoms with Gasteiger partial charge in [-0.2, -0.15) is 0 Å². The van der Waals surface area contributed by atoms with Crippen molar-refractivity contribution in [1.82, 2.24) is 15.2 Å². The van der Waals surface area contributed by atoms with Gasteiger partial charge in [-0.05, 0) is 24.1 Å². The zero-order chi connectivity index (χ0) is 19.5. The van der Waals surface area contributed by atoms with E-state index in [-0.39, 0.29) is 36.5 Å². The fraction of sp³-hybridized carbons (Fsp3) is 0.273. The van der Waals surface area contributed by atoms with Crippen molar-refractivity contribution in [3.8, 4) is 0 Å². The van der Waals surface area contributed by atoms with Crippen LogP contribution in [0.5, 0.6) is 0 Å². The van der Waals surface area contributed by atoms with Crippen molar-refractivity contribution in [2.75, 3.05) is 13.1 Å². The van der Waals surface area contributed by atoms with Crippen LogP contribution >= 0.6 is 0 Å². The Bertz CT molecular complexity index is 1010. The third kappa shape index (κ3) is 3.76. The lowest BCUT2D eigenvalue weighted by Gasteiger charge is -2.16. The summed E-state index contributed by atoms with van der Waals surface area (Å²) >= 11 is 0. The van der Waals surface area contributed by atoms with Crippen LogP contribution in [0.4, 0.5) is 4.39 Å². The predicted octanol–water partition coefficient (Wildman–Crippen LogP) is 3.01. The van der Waals surface area contributed by atoms with E-state index in [2.05, 4.69) is 16.4 Å². The van der Waals surface area contributed by atoms with E-state index in [1.807, 2.05) is 24.4 Å². The van der Waals surface area contributed by atoms with Gasteiger partial charge in [0, 0.05) is 48.7 Å². The first-order chi connectivity index (χ1) is 13.6. The minimum absolute atomic E-state index is 0.00844. The molecule has 1 unspecified atom stereocenters. The fourth-order valence-electron chi connectivity index (χ4n) is 3.73. The monoisotopic (exact) mass is 379 g/mol. The molecule has 0 radical (unpaired) electrons. The molecule has 6 heteroatoms. The first kappa shape index (κ1) is 18.2. The largest absolute Gasteiger partial charge is 0.361 e. The molecule has 28 heavy (non-hydrogen) atoms. The van der Waals surface area contributed by atoms with E-state index in [1.165, 1.54) is 6.07 Å². The molecular formula is C22H22FN3O2. The second kappa shape index (κ2) is 7.84. The maximum atomic E-state index is 13.7. The zero-order valence-corrected chi connectivity index (χ0v) is 15.5. The van der Waals surface area contributed by atoms with Crippen molar-refractivity contribution in [3.05, 3.63) is 71.7 Å². The Labute approximate surface area is 162 Å². The summed E-state index contributed by atoms with van der Waals surface area (Å²) < 4.78 is 13.7. The average molecular weight is 379 g/mol. The molecular weight excluding hydrogens is 357 g/mol. The van der Waals surface area contributed by atoms with Crippen molar-refractivity contribution in [3.63, 3.8) is 0 Å². The van der Waals surface area contributed by atoms with Crippen LogP contribution in [0.1, 0.15) is 17.5 Å². The second-order valence-corrected chi connectivity index (χ2v) is 7.16. The average Bonchev–Trinajstić information content (AvgIpc) is 3.29. The highest BCUT2D eigenvalue weighted by Gasteiger charge is 2.34. The van der Waals surface area contributed by atoms with Crippen LogP contribution in [-0.4, -0.2) is 34.8 Å². The van der Waals surface area contributed by atoms with Crippen molar-refractivity contribution < 1.29 is 14.0 Å². The standard InChI is InChI=1S/C22H22FN3O2/c23-19-7-3-1-5-16(19)13-25-22(28)17-11-21(27)26(14-17)10-9-15-12-24-20-8-4-2-6-18(15)20/h1-8,12,17,24H,9-11,13-14H2,(H,25,28). The number of hydrogen-bond acceptors (Lipinski definition) is 2. The van der Waals surface area contributed by atoms with Crippen LogP contribution in [0.2, 0.25) is 0 Å². The van der Waals surface area contributed by atoms with Crippen LogP contribution < -0.4 is 5.32 Å². The molecule has 144 valence electrons. The molecule has 1 aliphatic rings. The van der Waals surface area contributed by atoms with Gasteiger partial charge in [-0.3, -0.25) is 9.59 Å². The molecule has 4 rings (SSSR count). The highest BCUT2D eigenvalue weighted by molar-refractivity contribution is 5.89. The van der Waals surface area contributed by atoms with Gasteiger partial charge in [0.2, 0.25) is 11.8 Å². The summed E-state index contributed by atoms with van der Waals surface area (Å²) in [5, 5.41) is 3.91. The minimum atomic E-state index is -0.387. The molecule has 1 aliphatic heterocycles. The van der Waals surface area contributed by atoms with E-state index in [0.29, 0.717) is 18.7 Å². The summed E-state index contributed by atoms with van der Waals surface area (Å²) in [6.07, 6.45) is 2.92. The van der Waals surface area contributed by atoms with E-state index in [9.17, 15) is 14.0 Å². The SMILES string of the molecule is O=C(NCc1ccccc1F)C1CC(=O)N(CCc2c[nH]c3ccccc23)C1. The maximum absolute atomic E-state index is 13.7. The minimum Gasteiger partial charge on any atom is -0.361 e. The van der Waals surface area contributed by atoms with Gasteiger partial charge < -0.3 is 15.2 Å². The first-order valence-electron chi connectivity index (χ1n) is 9.45. The van der Waals surface area contributed by atoms with Gasteiger partial charge in [-0.15, -0.1) is 0 Å². The number of para-hydroxylation sites is 1. The molecule has 5 nitrogen and oxygen atoms in total. The van der Waals surface area contributed by atoms with Crippen LogP contribution in [0, 0.1) is 11.7 Å².